The Labute approximate surface area is 815 Å². The minimum absolute atomic E-state index is 0.536. The monoisotopic (exact) mass is 1810 g/mol. The Bertz CT molecular complexity index is 9660. The molecule has 0 amide bonds. The number of hydrogen-bond donors (Lipinski definition) is 0. The summed E-state index contributed by atoms with van der Waals surface area (Å²) >= 11 is 0. The summed E-state index contributed by atoms with van der Waals surface area (Å²) in [5, 5.41) is 13.6. The van der Waals surface area contributed by atoms with Crippen LogP contribution in [-0.2, 0) is 23.7 Å². The molecule has 0 saturated heterocycles. The van der Waals surface area contributed by atoms with Gasteiger partial charge in [-0.1, -0.05) is 346 Å². The molecule has 0 bridgehead atoms. The van der Waals surface area contributed by atoms with E-state index in [1.807, 2.05) is 18.2 Å². The van der Waals surface area contributed by atoms with Gasteiger partial charge in [0.05, 0.1) is 43.9 Å². The summed E-state index contributed by atoms with van der Waals surface area (Å²) in [6, 6.07) is 174. The van der Waals surface area contributed by atoms with Crippen molar-refractivity contribution in [2.75, 3.05) is 0 Å². The summed E-state index contributed by atoms with van der Waals surface area (Å²) < 4.78 is 27.4. The van der Waals surface area contributed by atoms with Gasteiger partial charge in [-0.15, -0.1) is 0 Å². The summed E-state index contributed by atoms with van der Waals surface area (Å²) in [4.78, 5) is 17.8. The highest BCUT2D eigenvalue weighted by Crippen LogP contribution is 2.61. The number of benzene rings is 21. The van der Waals surface area contributed by atoms with Gasteiger partial charge in [-0.25, -0.2) is 15.0 Å². The molecule has 0 atom stereocenters. The molecule has 28 aromatic rings. The number of hydrogen-bond acceptors (Lipinski definition) is 6. The lowest BCUT2D eigenvalue weighted by molar-refractivity contribution is 0.669. The SMILES string of the molecule is c1ccc(Cc2cc(-c3nc(-c4ccc5c(c4)C(c4ccccc4)(c4ccccc4)c4cc(-n6c7ccccc7c7cc8c(cc76)oc6ccccc68)ccc4-5)nc(-c4ccc5c(c4)C(c4ccccc4)(c4ccccc4)c4cc(-n6c7ccccc7c7cc8c(cc76)oc6ccccc68)ccc4-5)n3)ccc2-c2ccc(-n3c4ccccc4c4cc5c(cc43)oc3ccccc35)cc2Cc2ccccc2)cc1. The minimum atomic E-state index is -0.871. The fourth-order valence-corrected chi connectivity index (χ4v) is 24.6. The van der Waals surface area contributed by atoms with Crippen LogP contribution < -0.4 is 0 Å². The Morgan fingerprint density at radius 2 is 0.451 bits per heavy atom. The molecular formula is C133H82N6O3. The molecule has 9 heteroatoms. The molecule has 0 radical (unpaired) electrons. The standard InChI is InChI=1S/C133H82N6O3/c1-7-31-81(32-8-1)67-86-69-83(55-61-95(86)96-64-58-92(70-87(96)68-82-33-9-2-10-34-82)137-117-49-25-19-43-101(117)107-75-110-104-46-22-28-52-123(104)140-126(110)78-120(107)137)129-134-130(84-56-62-97-99-65-59-93(73-115(99)132(113(97)71-84,88-35-11-3-12-36-88)89-37-13-4-14-38-89)138-118-50-26-20-44-102(118)108-76-111-105-47-23-29-53-124(105)141-127(111)79-121(108)138)136-131(135-129)85-57-63-98-100-66-60-94(74-116(100)133(114(98)72-85,90-39-15-5-16-40-90)91-41-17-6-18-42-91)139-119-51-27-21-45-103(119)109-77-112-106-48-24-30-54-125(106)142-128(112)80-122(109)139/h1-66,69-80H,67-68H2. The Balaban J connectivity index is 0.635. The van der Waals surface area contributed by atoms with Crippen molar-refractivity contribution in [3.63, 3.8) is 0 Å². The minimum Gasteiger partial charge on any atom is -0.456 e. The molecule has 7 aromatic heterocycles. The van der Waals surface area contributed by atoms with Crippen LogP contribution >= 0.6 is 0 Å². The molecule has 142 heavy (non-hydrogen) atoms. The zero-order valence-corrected chi connectivity index (χ0v) is 76.9. The van der Waals surface area contributed by atoms with Gasteiger partial charge in [0.25, 0.3) is 0 Å². The highest BCUT2D eigenvalue weighted by atomic mass is 16.3. The van der Waals surface area contributed by atoms with Gasteiger partial charge < -0.3 is 27.0 Å². The van der Waals surface area contributed by atoms with Gasteiger partial charge >= 0.3 is 0 Å². The number of aromatic nitrogens is 6. The predicted octanol–water partition coefficient (Wildman–Crippen LogP) is 33.4. The molecule has 0 fully saturated rings. The highest BCUT2D eigenvalue weighted by Gasteiger charge is 2.49. The van der Waals surface area contributed by atoms with Crippen LogP contribution in [0.15, 0.2) is 486 Å². The fraction of sp³-hybridized carbons (Fsp3) is 0.0301. The van der Waals surface area contributed by atoms with Crippen LogP contribution in [0, 0.1) is 0 Å². The van der Waals surface area contributed by atoms with Crippen molar-refractivity contribution in [2.45, 2.75) is 23.7 Å². The Morgan fingerprint density at radius 3 is 0.803 bits per heavy atom. The van der Waals surface area contributed by atoms with E-state index in [0.29, 0.717) is 30.3 Å². The summed E-state index contributed by atoms with van der Waals surface area (Å²) in [6.45, 7) is 0. The molecule has 0 spiro atoms. The van der Waals surface area contributed by atoms with Crippen molar-refractivity contribution < 1.29 is 13.3 Å². The molecule has 0 unspecified atom stereocenters. The van der Waals surface area contributed by atoms with E-state index >= 15 is 0 Å². The van der Waals surface area contributed by atoms with Gasteiger partial charge in [0, 0.05) is 117 Å². The fourth-order valence-electron chi connectivity index (χ4n) is 24.6. The number of furan rings is 3. The molecule has 7 heterocycles. The Hall–Kier alpha value is -18.6. The van der Waals surface area contributed by atoms with Gasteiger partial charge in [0.15, 0.2) is 17.5 Å². The average Bonchev–Trinajstić information content (AvgIpc) is 1.53. The molecule has 0 N–H and O–H groups in total. The van der Waals surface area contributed by atoms with Crippen LogP contribution in [0.1, 0.15) is 66.8 Å². The van der Waals surface area contributed by atoms with Crippen molar-refractivity contribution >= 4 is 131 Å². The molecule has 0 aliphatic heterocycles. The summed E-state index contributed by atoms with van der Waals surface area (Å²) in [6.07, 6.45) is 1.30. The van der Waals surface area contributed by atoms with E-state index in [2.05, 4.69) is 469 Å². The van der Waals surface area contributed by atoms with Crippen molar-refractivity contribution in [2.24, 2.45) is 0 Å². The van der Waals surface area contributed by atoms with Crippen LogP contribution in [0.4, 0.5) is 0 Å². The molecule has 2 aliphatic carbocycles. The largest absolute Gasteiger partial charge is 0.456 e. The van der Waals surface area contributed by atoms with Gasteiger partial charge in [-0.3, -0.25) is 0 Å². The lowest BCUT2D eigenvalue weighted by Gasteiger charge is -2.34. The van der Waals surface area contributed by atoms with Crippen LogP contribution in [0.25, 0.3) is 216 Å². The van der Waals surface area contributed by atoms with E-state index in [-0.39, 0.29) is 0 Å². The first-order valence-electron chi connectivity index (χ1n) is 48.8. The highest BCUT2D eigenvalue weighted by molar-refractivity contribution is 6.21. The lowest BCUT2D eigenvalue weighted by atomic mass is 9.67. The van der Waals surface area contributed by atoms with Gasteiger partial charge in [0.2, 0.25) is 0 Å². The molecule has 30 rings (SSSR count). The zero-order valence-electron chi connectivity index (χ0n) is 76.9. The Morgan fingerprint density at radius 1 is 0.183 bits per heavy atom. The zero-order chi connectivity index (χ0) is 93.0. The van der Waals surface area contributed by atoms with Crippen LogP contribution in [-0.4, -0.2) is 28.7 Å². The molecule has 662 valence electrons. The van der Waals surface area contributed by atoms with E-state index < -0.39 is 10.8 Å². The van der Waals surface area contributed by atoms with Gasteiger partial charge in [-0.2, -0.15) is 0 Å². The summed E-state index contributed by atoms with van der Waals surface area (Å²) in [5.41, 5.74) is 36.3. The molecule has 0 saturated carbocycles. The second-order valence-electron chi connectivity index (χ2n) is 38.2. The number of rotatable bonds is 15. The van der Waals surface area contributed by atoms with Crippen LogP contribution in [0.5, 0.6) is 0 Å². The smallest absolute Gasteiger partial charge is 0.164 e. The maximum Gasteiger partial charge on any atom is 0.164 e. The van der Waals surface area contributed by atoms with Gasteiger partial charge in [0.1, 0.15) is 33.5 Å². The quantitative estimate of drug-likeness (QED) is 0.102. The third-order valence-electron chi connectivity index (χ3n) is 30.7. The first kappa shape index (κ1) is 79.6. The normalized spacial score (nSPS) is 13.1. The van der Waals surface area contributed by atoms with Crippen molar-refractivity contribution in [1.82, 2.24) is 28.7 Å². The maximum absolute atomic E-state index is 6.73. The first-order valence-corrected chi connectivity index (χ1v) is 48.8. The summed E-state index contributed by atoms with van der Waals surface area (Å²) in [7, 11) is 0. The van der Waals surface area contributed by atoms with Gasteiger partial charge in [-0.05, 0) is 222 Å². The van der Waals surface area contributed by atoms with Crippen LogP contribution in [0.3, 0.4) is 0 Å². The third kappa shape index (κ3) is 11.9. The molecule has 9 nitrogen and oxygen atoms in total. The van der Waals surface area contributed by atoms with Crippen LogP contribution in [0.2, 0.25) is 0 Å². The molecule has 21 aromatic carbocycles. The second kappa shape index (κ2) is 31.0. The van der Waals surface area contributed by atoms with Crippen molar-refractivity contribution in [3.05, 3.63) is 540 Å². The second-order valence-corrected chi connectivity index (χ2v) is 38.2. The van der Waals surface area contributed by atoms with Crippen molar-refractivity contribution in [1.29, 1.82) is 0 Å². The predicted molar refractivity (Wildman–Crippen MR) is 580 cm³/mol. The van der Waals surface area contributed by atoms with E-state index in [1.165, 1.54) is 38.2 Å². The lowest BCUT2D eigenvalue weighted by Crippen LogP contribution is -2.28. The first-order chi connectivity index (χ1) is 70.3. The van der Waals surface area contributed by atoms with E-state index in [4.69, 9.17) is 28.2 Å². The number of para-hydroxylation sites is 6. The summed E-state index contributed by atoms with van der Waals surface area (Å²) in [5.74, 6) is 1.61. The van der Waals surface area contributed by atoms with Crippen molar-refractivity contribution in [3.8, 4) is 84.6 Å². The maximum atomic E-state index is 6.73. The molecular weight excluding hydrogens is 1730 g/mol. The average molecular weight is 1810 g/mol. The third-order valence-corrected chi connectivity index (χ3v) is 30.7. The number of fused-ring (bicyclic) bond motifs is 24. The van der Waals surface area contributed by atoms with E-state index in [9.17, 15) is 0 Å². The molecule has 2 aliphatic rings. The van der Waals surface area contributed by atoms with E-state index in [1.54, 1.807) is 0 Å². The van der Waals surface area contributed by atoms with E-state index in [0.717, 1.165) is 227 Å². The Kier molecular flexibility index (Phi) is 17.4. The topological polar surface area (TPSA) is 92.9 Å². The number of nitrogens with zero attached hydrogens (tertiary/aromatic N) is 6.